The summed E-state index contributed by atoms with van der Waals surface area (Å²) in [6.07, 6.45) is 1.70. The molecule has 2 N–H and O–H groups in total. The Morgan fingerprint density at radius 1 is 0.971 bits per heavy atom. The molecule has 0 unspecified atom stereocenters. The SMILES string of the molecule is CCOc1ccc(NS(=O)(=O)c2ccc(OCC(=O)N[C@@H](C)CCc3ccccc3)c(C)c2)cc1. The van der Waals surface area contributed by atoms with Crippen molar-refractivity contribution >= 4 is 21.6 Å². The number of sulfonamides is 1. The minimum atomic E-state index is -3.78. The Morgan fingerprint density at radius 3 is 2.34 bits per heavy atom. The van der Waals surface area contributed by atoms with Gasteiger partial charge in [-0.15, -0.1) is 0 Å². The first-order chi connectivity index (χ1) is 16.8. The predicted octanol–water partition coefficient (Wildman–Crippen LogP) is 4.71. The molecule has 35 heavy (non-hydrogen) atoms. The maximum Gasteiger partial charge on any atom is 0.261 e. The molecular weight excluding hydrogens is 464 g/mol. The topological polar surface area (TPSA) is 93.7 Å². The van der Waals surface area contributed by atoms with E-state index >= 15 is 0 Å². The third-order valence-corrected chi connectivity index (χ3v) is 6.73. The van der Waals surface area contributed by atoms with Gasteiger partial charge < -0.3 is 14.8 Å². The van der Waals surface area contributed by atoms with E-state index in [-0.39, 0.29) is 23.5 Å². The molecule has 0 aromatic heterocycles. The number of ether oxygens (including phenoxy) is 2. The first-order valence-electron chi connectivity index (χ1n) is 11.6. The van der Waals surface area contributed by atoms with Crippen LogP contribution in [-0.4, -0.2) is 33.6 Å². The number of benzene rings is 3. The second-order valence-electron chi connectivity index (χ2n) is 8.27. The summed E-state index contributed by atoms with van der Waals surface area (Å²) < 4.78 is 39.1. The van der Waals surface area contributed by atoms with Crippen molar-refractivity contribution < 1.29 is 22.7 Å². The average Bonchev–Trinajstić information content (AvgIpc) is 2.84. The molecule has 186 valence electrons. The van der Waals surface area contributed by atoms with E-state index in [2.05, 4.69) is 22.2 Å². The summed E-state index contributed by atoms with van der Waals surface area (Å²) >= 11 is 0. The third-order valence-electron chi connectivity index (χ3n) is 5.35. The van der Waals surface area contributed by atoms with E-state index in [1.165, 1.54) is 17.7 Å². The summed E-state index contributed by atoms with van der Waals surface area (Å²) in [7, 11) is -3.78. The Labute approximate surface area is 207 Å². The molecule has 0 aliphatic rings. The second-order valence-corrected chi connectivity index (χ2v) is 9.95. The van der Waals surface area contributed by atoms with Crippen LogP contribution in [0.2, 0.25) is 0 Å². The Morgan fingerprint density at radius 2 is 1.69 bits per heavy atom. The lowest BCUT2D eigenvalue weighted by Gasteiger charge is -2.15. The molecule has 0 aliphatic heterocycles. The van der Waals surface area contributed by atoms with Gasteiger partial charge in [-0.2, -0.15) is 0 Å². The van der Waals surface area contributed by atoms with Crippen molar-refractivity contribution in [2.24, 2.45) is 0 Å². The summed E-state index contributed by atoms with van der Waals surface area (Å²) in [6.45, 7) is 5.97. The van der Waals surface area contributed by atoms with E-state index in [9.17, 15) is 13.2 Å². The van der Waals surface area contributed by atoms with Crippen molar-refractivity contribution in [3.8, 4) is 11.5 Å². The Bertz CT molecular complexity index is 1210. The first-order valence-corrected chi connectivity index (χ1v) is 13.1. The smallest absolute Gasteiger partial charge is 0.261 e. The summed E-state index contributed by atoms with van der Waals surface area (Å²) in [4.78, 5) is 12.4. The number of hydrogen-bond acceptors (Lipinski definition) is 5. The van der Waals surface area contributed by atoms with E-state index in [0.717, 1.165) is 12.8 Å². The molecule has 3 aromatic rings. The fourth-order valence-electron chi connectivity index (χ4n) is 3.51. The molecular formula is C27H32N2O5S. The number of nitrogens with one attached hydrogen (secondary N) is 2. The van der Waals surface area contributed by atoms with Crippen LogP contribution in [-0.2, 0) is 21.2 Å². The van der Waals surface area contributed by atoms with Gasteiger partial charge in [-0.3, -0.25) is 9.52 Å². The molecule has 0 saturated carbocycles. The van der Waals surface area contributed by atoms with Crippen molar-refractivity contribution in [1.82, 2.24) is 5.32 Å². The fourth-order valence-corrected chi connectivity index (χ4v) is 4.65. The lowest BCUT2D eigenvalue weighted by Crippen LogP contribution is -2.36. The van der Waals surface area contributed by atoms with Crippen LogP contribution in [0, 0.1) is 6.92 Å². The summed E-state index contributed by atoms with van der Waals surface area (Å²) in [5.74, 6) is 0.901. The van der Waals surface area contributed by atoms with Gasteiger partial charge in [0.2, 0.25) is 0 Å². The lowest BCUT2D eigenvalue weighted by atomic mass is 10.1. The van der Waals surface area contributed by atoms with Crippen LogP contribution < -0.4 is 19.5 Å². The average molecular weight is 497 g/mol. The van der Waals surface area contributed by atoms with Crippen LogP contribution in [0.4, 0.5) is 5.69 Å². The molecule has 0 bridgehead atoms. The zero-order valence-corrected chi connectivity index (χ0v) is 21.1. The zero-order chi connectivity index (χ0) is 25.3. The van der Waals surface area contributed by atoms with Gasteiger partial charge >= 0.3 is 0 Å². The van der Waals surface area contributed by atoms with Crippen LogP contribution in [0.15, 0.2) is 77.7 Å². The van der Waals surface area contributed by atoms with Gasteiger partial charge in [0.05, 0.1) is 11.5 Å². The fraction of sp³-hybridized carbons (Fsp3) is 0.296. The van der Waals surface area contributed by atoms with E-state index in [4.69, 9.17) is 9.47 Å². The number of amides is 1. The van der Waals surface area contributed by atoms with Gasteiger partial charge in [-0.25, -0.2) is 8.42 Å². The molecule has 0 fully saturated rings. The number of rotatable bonds is 12. The van der Waals surface area contributed by atoms with Gasteiger partial charge in [0.1, 0.15) is 11.5 Å². The number of aryl methyl sites for hydroxylation is 2. The quantitative estimate of drug-likeness (QED) is 0.379. The van der Waals surface area contributed by atoms with Crippen LogP contribution in [0.25, 0.3) is 0 Å². The first kappa shape index (κ1) is 26.1. The molecule has 0 spiro atoms. The Balaban J connectivity index is 1.52. The van der Waals surface area contributed by atoms with E-state index in [1.807, 2.05) is 32.0 Å². The Kier molecular flexibility index (Phi) is 9.14. The van der Waals surface area contributed by atoms with E-state index in [0.29, 0.717) is 29.4 Å². The van der Waals surface area contributed by atoms with Crippen molar-refractivity contribution in [3.05, 3.63) is 83.9 Å². The second kappa shape index (κ2) is 12.3. The molecule has 3 rings (SSSR count). The molecule has 3 aromatic carbocycles. The van der Waals surface area contributed by atoms with Crippen molar-refractivity contribution in [1.29, 1.82) is 0 Å². The van der Waals surface area contributed by atoms with E-state index < -0.39 is 10.0 Å². The summed E-state index contributed by atoms with van der Waals surface area (Å²) in [5, 5.41) is 2.94. The molecule has 8 heteroatoms. The van der Waals surface area contributed by atoms with Gasteiger partial charge in [0, 0.05) is 11.7 Å². The molecule has 0 heterocycles. The van der Waals surface area contributed by atoms with Gasteiger partial charge in [-0.05, 0) is 87.2 Å². The Hall–Kier alpha value is -3.52. The highest BCUT2D eigenvalue weighted by atomic mass is 32.2. The van der Waals surface area contributed by atoms with Crippen LogP contribution in [0.5, 0.6) is 11.5 Å². The monoisotopic (exact) mass is 496 g/mol. The molecule has 1 amide bonds. The molecule has 0 aliphatic carbocycles. The number of anilines is 1. The zero-order valence-electron chi connectivity index (χ0n) is 20.3. The number of carbonyl (C=O) groups is 1. The maximum absolute atomic E-state index is 12.8. The minimum absolute atomic E-state index is 0.00796. The summed E-state index contributed by atoms with van der Waals surface area (Å²) in [5.41, 5.74) is 2.28. The third kappa shape index (κ3) is 8.03. The maximum atomic E-state index is 12.8. The highest BCUT2D eigenvalue weighted by Gasteiger charge is 2.17. The number of carbonyl (C=O) groups excluding carboxylic acids is 1. The van der Waals surface area contributed by atoms with Gasteiger partial charge in [0.25, 0.3) is 15.9 Å². The van der Waals surface area contributed by atoms with Crippen molar-refractivity contribution in [3.63, 3.8) is 0 Å². The molecule has 1 atom stereocenters. The van der Waals surface area contributed by atoms with Gasteiger partial charge in [0.15, 0.2) is 6.61 Å². The van der Waals surface area contributed by atoms with Crippen LogP contribution in [0.1, 0.15) is 31.4 Å². The predicted molar refractivity (Wildman–Crippen MR) is 137 cm³/mol. The summed E-state index contributed by atoms with van der Waals surface area (Å²) in [6, 6.07) is 21.4. The van der Waals surface area contributed by atoms with Crippen molar-refractivity contribution in [2.75, 3.05) is 17.9 Å². The largest absolute Gasteiger partial charge is 0.494 e. The standard InChI is InChI=1S/C27H32N2O5S/c1-4-33-24-14-12-23(13-15-24)29-35(31,32)25-16-17-26(20(2)18-25)34-19-27(30)28-21(3)10-11-22-8-6-5-7-9-22/h5-9,12-18,21,29H,4,10-11,19H2,1-3H3,(H,28,30)/t21-/m0/s1. The van der Waals surface area contributed by atoms with Crippen molar-refractivity contribution in [2.45, 2.75) is 44.6 Å². The lowest BCUT2D eigenvalue weighted by molar-refractivity contribution is -0.123. The van der Waals surface area contributed by atoms with Crippen LogP contribution in [0.3, 0.4) is 0 Å². The highest BCUT2D eigenvalue weighted by molar-refractivity contribution is 7.92. The number of hydrogen-bond donors (Lipinski definition) is 2. The van der Waals surface area contributed by atoms with Gasteiger partial charge in [-0.1, -0.05) is 30.3 Å². The molecule has 0 radical (unpaired) electrons. The molecule has 7 nitrogen and oxygen atoms in total. The normalized spacial score (nSPS) is 12.0. The minimum Gasteiger partial charge on any atom is -0.494 e. The highest BCUT2D eigenvalue weighted by Crippen LogP contribution is 2.24. The van der Waals surface area contributed by atoms with E-state index in [1.54, 1.807) is 37.3 Å². The van der Waals surface area contributed by atoms with Crippen LogP contribution >= 0.6 is 0 Å². The molecule has 0 saturated heterocycles.